The van der Waals surface area contributed by atoms with Crippen molar-refractivity contribution in [3.05, 3.63) is 11.8 Å². The van der Waals surface area contributed by atoms with Gasteiger partial charge in [-0.3, -0.25) is 0 Å². The summed E-state index contributed by atoms with van der Waals surface area (Å²) in [5.41, 5.74) is 8.00. The largest absolute Gasteiger partial charge is 0.501 e. The van der Waals surface area contributed by atoms with Crippen molar-refractivity contribution in [3.8, 4) is 0 Å². The van der Waals surface area contributed by atoms with Gasteiger partial charge in [-0.15, -0.1) is 0 Å². The van der Waals surface area contributed by atoms with Gasteiger partial charge in [0.15, 0.2) is 0 Å². The molecule has 0 saturated heterocycles. The zero-order valence-corrected chi connectivity index (χ0v) is 9.09. The summed E-state index contributed by atoms with van der Waals surface area (Å²) in [5, 5.41) is 0. The van der Waals surface area contributed by atoms with Crippen LogP contribution in [0, 0.1) is 5.41 Å². The van der Waals surface area contributed by atoms with Crippen molar-refractivity contribution in [1.29, 1.82) is 0 Å². The van der Waals surface area contributed by atoms with E-state index in [0.717, 1.165) is 13.0 Å². The van der Waals surface area contributed by atoms with E-state index < -0.39 is 0 Å². The molecule has 1 atom stereocenters. The molecular formula is C12H21NO. The first-order chi connectivity index (χ1) is 6.72. The lowest BCUT2D eigenvalue weighted by Crippen LogP contribution is -2.42. The van der Waals surface area contributed by atoms with E-state index in [9.17, 15) is 0 Å². The van der Waals surface area contributed by atoms with Crippen LogP contribution in [0.3, 0.4) is 0 Å². The lowest BCUT2D eigenvalue weighted by molar-refractivity contribution is 0.186. The maximum Gasteiger partial charge on any atom is 0.0912 e. The molecule has 1 fully saturated rings. The van der Waals surface area contributed by atoms with Crippen molar-refractivity contribution in [2.24, 2.45) is 11.1 Å². The molecule has 2 rings (SSSR count). The third kappa shape index (κ3) is 1.81. The molecule has 0 aromatic carbocycles. The lowest BCUT2D eigenvalue weighted by atomic mass is 9.69. The van der Waals surface area contributed by atoms with E-state index in [0.29, 0.717) is 5.41 Å². The van der Waals surface area contributed by atoms with E-state index in [2.05, 4.69) is 6.92 Å². The maximum absolute atomic E-state index is 6.34. The fraction of sp³-hybridized carbons (Fsp3) is 0.833. The van der Waals surface area contributed by atoms with E-state index in [4.69, 9.17) is 10.5 Å². The zero-order chi connectivity index (χ0) is 10.0. The van der Waals surface area contributed by atoms with Crippen molar-refractivity contribution in [1.82, 2.24) is 0 Å². The van der Waals surface area contributed by atoms with Crippen LogP contribution < -0.4 is 5.73 Å². The number of rotatable bonds is 2. The van der Waals surface area contributed by atoms with Crippen LogP contribution in [0.4, 0.5) is 0 Å². The van der Waals surface area contributed by atoms with Gasteiger partial charge < -0.3 is 10.5 Å². The highest BCUT2D eigenvalue weighted by molar-refractivity contribution is 5.15. The average molecular weight is 195 g/mol. The normalized spacial score (nSPS) is 28.0. The third-order valence-corrected chi connectivity index (χ3v) is 3.89. The van der Waals surface area contributed by atoms with E-state index in [1.165, 1.54) is 37.7 Å². The Morgan fingerprint density at radius 2 is 2.07 bits per heavy atom. The SMILES string of the molecule is CC1(C(N)C2=COCC2)CCCCC1. The highest BCUT2D eigenvalue weighted by Gasteiger charge is 2.35. The van der Waals surface area contributed by atoms with Gasteiger partial charge in [-0.1, -0.05) is 26.2 Å². The molecule has 1 unspecified atom stereocenters. The van der Waals surface area contributed by atoms with E-state index in [1.54, 1.807) is 0 Å². The Kier molecular flexibility index (Phi) is 2.82. The first-order valence-corrected chi connectivity index (χ1v) is 5.78. The summed E-state index contributed by atoms with van der Waals surface area (Å²) >= 11 is 0. The van der Waals surface area contributed by atoms with Gasteiger partial charge >= 0.3 is 0 Å². The van der Waals surface area contributed by atoms with Gasteiger partial charge in [0.1, 0.15) is 0 Å². The second-order valence-corrected chi connectivity index (χ2v) is 5.01. The van der Waals surface area contributed by atoms with Gasteiger partial charge in [-0.2, -0.15) is 0 Å². The molecule has 1 aliphatic heterocycles. The van der Waals surface area contributed by atoms with Gasteiger partial charge in [0.2, 0.25) is 0 Å². The Morgan fingerprint density at radius 3 is 2.64 bits per heavy atom. The van der Waals surface area contributed by atoms with Crippen molar-refractivity contribution in [2.45, 2.75) is 51.5 Å². The number of nitrogens with two attached hydrogens (primary N) is 1. The molecule has 0 radical (unpaired) electrons. The maximum atomic E-state index is 6.34. The predicted octanol–water partition coefficient (Wildman–Crippen LogP) is 2.59. The molecule has 14 heavy (non-hydrogen) atoms. The van der Waals surface area contributed by atoms with Gasteiger partial charge in [-0.05, 0) is 23.8 Å². The quantitative estimate of drug-likeness (QED) is 0.735. The molecule has 0 bridgehead atoms. The van der Waals surface area contributed by atoms with Crippen LogP contribution in [0.5, 0.6) is 0 Å². The number of hydrogen-bond donors (Lipinski definition) is 1. The Hall–Kier alpha value is -0.500. The molecule has 1 heterocycles. The minimum Gasteiger partial charge on any atom is -0.501 e. The molecule has 1 saturated carbocycles. The predicted molar refractivity (Wildman–Crippen MR) is 57.8 cm³/mol. The highest BCUT2D eigenvalue weighted by Crippen LogP contribution is 2.41. The molecule has 80 valence electrons. The fourth-order valence-electron chi connectivity index (χ4n) is 2.75. The third-order valence-electron chi connectivity index (χ3n) is 3.89. The smallest absolute Gasteiger partial charge is 0.0912 e. The van der Waals surface area contributed by atoms with Crippen molar-refractivity contribution < 1.29 is 4.74 Å². The second-order valence-electron chi connectivity index (χ2n) is 5.01. The summed E-state index contributed by atoms with van der Waals surface area (Å²) in [5.74, 6) is 0. The van der Waals surface area contributed by atoms with Crippen molar-refractivity contribution in [2.75, 3.05) is 6.61 Å². The standard InChI is InChI=1S/C12H21NO/c1-12(6-3-2-4-7-12)11(13)10-5-8-14-9-10/h9,11H,2-8,13H2,1H3. The Bertz CT molecular complexity index is 228. The minimum absolute atomic E-state index is 0.227. The zero-order valence-electron chi connectivity index (χ0n) is 9.09. The first-order valence-electron chi connectivity index (χ1n) is 5.78. The molecule has 1 aliphatic carbocycles. The average Bonchev–Trinajstić information content (AvgIpc) is 2.70. The monoisotopic (exact) mass is 195 g/mol. The minimum atomic E-state index is 0.227. The van der Waals surface area contributed by atoms with Crippen molar-refractivity contribution >= 4 is 0 Å². The summed E-state index contributed by atoms with van der Waals surface area (Å²) in [6, 6.07) is 0.227. The van der Waals surface area contributed by atoms with E-state index >= 15 is 0 Å². The Labute approximate surface area is 86.5 Å². The van der Waals surface area contributed by atoms with Gasteiger partial charge in [-0.25, -0.2) is 0 Å². The molecular weight excluding hydrogens is 174 g/mol. The topological polar surface area (TPSA) is 35.2 Å². The first kappa shape index (κ1) is 10.0. The number of hydrogen-bond acceptors (Lipinski definition) is 2. The molecule has 0 aromatic heterocycles. The van der Waals surface area contributed by atoms with Gasteiger partial charge in [0, 0.05) is 12.5 Å². The molecule has 2 heteroatoms. The molecule has 2 aliphatic rings. The molecule has 0 amide bonds. The Morgan fingerprint density at radius 1 is 1.36 bits per heavy atom. The van der Waals surface area contributed by atoms with Crippen LogP contribution in [-0.2, 0) is 4.74 Å². The van der Waals surface area contributed by atoms with Crippen LogP contribution in [0.2, 0.25) is 0 Å². The van der Waals surface area contributed by atoms with Gasteiger partial charge in [0.05, 0.1) is 12.9 Å². The molecule has 0 aromatic rings. The van der Waals surface area contributed by atoms with E-state index in [-0.39, 0.29) is 6.04 Å². The van der Waals surface area contributed by atoms with Crippen LogP contribution in [0.25, 0.3) is 0 Å². The molecule has 2 nitrogen and oxygen atoms in total. The lowest BCUT2D eigenvalue weighted by Gasteiger charge is -2.39. The Balaban J connectivity index is 2.04. The van der Waals surface area contributed by atoms with Crippen molar-refractivity contribution in [3.63, 3.8) is 0 Å². The number of ether oxygens (including phenoxy) is 1. The van der Waals surface area contributed by atoms with Crippen LogP contribution >= 0.6 is 0 Å². The second kappa shape index (κ2) is 3.93. The summed E-state index contributed by atoms with van der Waals surface area (Å²) < 4.78 is 5.27. The summed E-state index contributed by atoms with van der Waals surface area (Å²) in [4.78, 5) is 0. The van der Waals surface area contributed by atoms with E-state index in [1.807, 2.05) is 6.26 Å². The van der Waals surface area contributed by atoms with Gasteiger partial charge in [0.25, 0.3) is 0 Å². The fourth-order valence-corrected chi connectivity index (χ4v) is 2.75. The summed E-state index contributed by atoms with van der Waals surface area (Å²) in [7, 11) is 0. The molecule has 0 spiro atoms. The van der Waals surface area contributed by atoms with Crippen LogP contribution in [0.15, 0.2) is 11.8 Å². The van der Waals surface area contributed by atoms with Crippen LogP contribution in [0.1, 0.15) is 45.4 Å². The molecule has 2 N–H and O–H groups in total. The van der Waals surface area contributed by atoms with Crippen LogP contribution in [-0.4, -0.2) is 12.6 Å². The summed E-state index contributed by atoms with van der Waals surface area (Å²) in [6.07, 6.45) is 9.58. The summed E-state index contributed by atoms with van der Waals surface area (Å²) in [6.45, 7) is 3.18. The highest BCUT2D eigenvalue weighted by atomic mass is 16.5.